The fourth-order valence-electron chi connectivity index (χ4n) is 2.04. The molecular weight excluding hydrogens is 268 g/mol. The van der Waals surface area contributed by atoms with Crippen LogP contribution in [-0.4, -0.2) is 46.9 Å². The first-order valence-electron chi connectivity index (χ1n) is 5.69. The summed E-state index contributed by atoms with van der Waals surface area (Å²) in [7, 11) is -3.55. The standard InChI is InChI=1S/C11H12N4O3S/c12-19(17,18)9-6-15(7-9)11(16)8-1-2-10-13-3-4-14(10)5-8/h1-5,9H,6-7H2,(H2,12,17,18). The zero-order valence-corrected chi connectivity index (χ0v) is 10.7. The third-order valence-electron chi connectivity index (χ3n) is 3.24. The monoisotopic (exact) mass is 280 g/mol. The number of carbonyl (C=O) groups is 1. The number of hydrogen-bond acceptors (Lipinski definition) is 4. The molecule has 0 spiro atoms. The second-order valence-electron chi connectivity index (χ2n) is 4.53. The first kappa shape index (κ1) is 12.1. The van der Waals surface area contributed by atoms with Crippen molar-refractivity contribution < 1.29 is 13.2 Å². The van der Waals surface area contributed by atoms with Crippen LogP contribution in [0, 0.1) is 0 Å². The Bertz CT molecular complexity index is 746. The van der Waals surface area contributed by atoms with Gasteiger partial charge in [0, 0.05) is 31.7 Å². The summed E-state index contributed by atoms with van der Waals surface area (Å²) in [6.45, 7) is 0.305. The molecule has 0 saturated carbocycles. The largest absolute Gasteiger partial charge is 0.336 e. The maximum atomic E-state index is 12.1. The molecule has 8 heteroatoms. The van der Waals surface area contributed by atoms with Crippen molar-refractivity contribution in [2.45, 2.75) is 5.25 Å². The van der Waals surface area contributed by atoms with E-state index >= 15 is 0 Å². The van der Waals surface area contributed by atoms with Gasteiger partial charge in [-0.3, -0.25) is 4.79 Å². The quantitative estimate of drug-likeness (QED) is 0.797. The number of pyridine rings is 1. The summed E-state index contributed by atoms with van der Waals surface area (Å²) in [6, 6.07) is 3.42. The van der Waals surface area contributed by atoms with Crippen molar-refractivity contribution in [3.8, 4) is 0 Å². The molecule has 0 aliphatic carbocycles. The van der Waals surface area contributed by atoms with Crippen LogP contribution in [0.25, 0.3) is 5.65 Å². The van der Waals surface area contributed by atoms with Gasteiger partial charge in [0.25, 0.3) is 5.91 Å². The van der Waals surface area contributed by atoms with Gasteiger partial charge in [-0.05, 0) is 12.1 Å². The van der Waals surface area contributed by atoms with Crippen LogP contribution in [0.5, 0.6) is 0 Å². The Morgan fingerprint density at radius 1 is 1.37 bits per heavy atom. The highest BCUT2D eigenvalue weighted by atomic mass is 32.2. The first-order valence-corrected chi connectivity index (χ1v) is 7.30. The molecule has 7 nitrogen and oxygen atoms in total. The van der Waals surface area contributed by atoms with Crippen molar-refractivity contribution >= 4 is 21.6 Å². The van der Waals surface area contributed by atoms with E-state index in [1.807, 2.05) is 0 Å². The van der Waals surface area contributed by atoms with E-state index in [9.17, 15) is 13.2 Å². The van der Waals surface area contributed by atoms with Gasteiger partial charge in [0.2, 0.25) is 10.0 Å². The molecule has 19 heavy (non-hydrogen) atoms. The summed E-state index contributed by atoms with van der Waals surface area (Å²) >= 11 is 0. The van der Waals surface area contributed by atoms with Crippen LogP contribution >= 0.6 is 0 Å². The molecule has 1 amide bonds. The summed E-state index contributed by atoms with van der Waals surface area (Å²) in [6.07, 6.45) is 5.06. The highest BCUT2D eigenvalue weighted by Gasteiger charge is 2.38. The van der Waals surface area contributed by atoms with Crippen LogP contribution in [0.15, 0.2) is 30.7 Å². The lowest BCUT2D eigenvalue weighted by molar-refractivity contribution is 0.0658. The van der Waals surface area contributed by atoms with Crippen molar-refractivity contribution in [2.24, 2.45) is 5.14 Å². The van der Waals surface area contributed by atoms with Crippen LogP contribution in [0.2, 0.25) is 0 Å². The summed E-state index contributed by atoms with van der Waals surface area (Å²) < 4.78 is 23.9. The number of nitrogens with two attached hydrogens (primary N) is 1. The number of primary sulfonamides is 1. The van der Waals surface area contributed by atoms with Gasteiger partial charge >= 0.3 is 0 Å². The fourth-order valence-corrected chi connectivity index (χ4v) is 2.82. The molecule has 3 heterocycles. The van der Waals surface area contributed by atoms with Gasteiger partial charge < -0.3 is 9.30 Å². The number of likely N-dealkylation sites (tertiary alicyclic amines) is 1. The van der Waals surface area contributed by atoms with E-state index in [4.69, 9.17) is 5.14 Å². The Kier molecular flexibility index (Phi) is 2.58. The summed E-state index contributed by atoms with van der Waals surface area (Å²) in [5, 5.41) is 4.38. The Morgan fingerprint density at radius 2 is 2.11 bits per heavy atom. The maximum absolute atomic E-state index is 12.1. The van der Waals surface area contributed by atoms with Crippen molar-refractivity contribution in [2.75, 3.05) is 13.1 Å². The molecular formula is C11H12N4O3S. The van der Waals surface area contributed by atoms with E-state index < -0.39 is 15.3 Å². The smallest absolute Gasteiger partial charge is 0.255 e. The van der Waals surface area contributed by atoms with E-state index in [1.165, 1.54) is 4.90 Å². The van der Waals surface area contributed by atoms with Crippen molar-refractivity contribution in [3.63, 3.8) is 0 Å². The van der Waals surface area contributed by atoms with Crippen LogP contribution in [0.4, 0.5) is 0 Å². The van der Waals surface area contributed by atoms with Gasteiger partial charge in [-0.15, -0.1) is 0 Å². The lowest BCUT2D eigenvalue weighted by Crippen LogP contribution is -2.58. The van der Waals surface area contributed by atoms with Gasteiger partial charge in [-0.1, -0.05) is 0 Å². The number of sulfonamides is 1. The lowest BCUT2D eigenvalue weighted by atomic mass is 10.1. The number of carbonyl (C=O) groups excluding carboxylic acids is 1. The average molecular weight is 280 g/mol. The summed E-state index contributed by atoms with van der Waals surface area (Å²) in [5.41, 5.74) is 1.25. The first-order chi connectivity index (χ1) is 8.95. The number of imidazole rings is 1. The highest BCUT2D eigenvalue weighted by Crippen LogP contribution is 2.17. The number of nitrogens with zero attached hydrogens (tertiary/aromatic N) is 3. The number of rotatable bonds is 2. The minimum atomic E-state index is -3.55. The van der Waals surface area contributed by atoms with E-state index in [1.54, 1.807) is 35.1 Å². The number of amides is 1. The molecule has 2 aromatic heterocycles. The average Bonchev–Trinajstić information content (AvgIpc) is 2.71. The molecule has 0 radical (unpaired) electrons. The fraction of sp³-hybridized carbons (Fsp3) is 0.273. The minimum Gasteiger partial charge on any atom is -0.336 e. The predicted octanol–water partition coefficient (Wildman–Crippen LogP) is -0.553. The van der Waals surface area contributed by atoms with Crippen molar-refractivity contribution in [1.82, 2.24) is 14.3 Å². The van der Waals surface area contributed by atoms with Crippen LogP contribution in [-0.2, 0) is 10.0 Å². The van der Waals surface area contributed by atoms with Crippen molar-refractivity contribution in [3.05, 3.63) is 36.3 Å². The van der Waals surface area contributed by atoms with Gasteiger partial charge in [0.1, 0.15) is 10.9 Å². The number of fused-ring (bicyclic) bond motifs is 1. The second kappa shape index (κ2) is 4.04. The molecule has 0 atom stereocenters. The van der Waals surface area contributed by atoms with Crippen molar-refractivity contribution in [1.29, 1.82) is 0 Å². The zero-order valence-electron chi connectivity index (χ0n) is 9.93. The van der Waals surface area contributed by atoms with E-state index in [0.29, 0.717) is 5.56 Å². The predicted molar refractivity (Wildman–Crippen MR) is 68.0 cm³/mol. The topological polar surface area (TPSA) is 97.8 Å². The van der Waals surface area contributed by atoms with E-state index in [-0.39, 0.29) is 19.0 Å². The van der Waals surface area contributed by atoms with Gasteiger partial charge in [0.05, 0.1) is 5.56 Å². The SMILES string of the molecule is NS(=O)(=O)C1CN(C(=O)c2ccc3nccn3c2)C1. The molecule has 0 aromatic carbocycles. The van der Waals surface area contributed by atoms with Gasteiger partial charge in [-0.2, -0.15) is 0 Å². The normalized spacial score (nSPS) is 16.6. The van der Waals surface area contributed by atoms with Gasteiger partial charge in [0.15, 0.2) is 0 Å². The Morgan fingerprint density at radius 3 is 2.79 bits per heavy atom. The molecule has 1 fully saturated rings. The summed E-state index contributed by atoms with van der Waals surface area (Å²) in [5.74, 6) is -0.199. The maximum Gasteiger partial charge on any atom is 0.255 e. The highest BCUT2D eigenvalue weighted by molar-refractivity contribution is 7.89. The molecule has 1 aliphatic heterocycles. The van der Waals surface area contributed by atoms with Crippen LogP contribution in [0.3, 0.4) is 0 Å². The molecule has 100 valence electrons. The van der Waals surface area contributed by atoms with Gasteiger partial charge in [-0.25, -0.2) is 18.5 Å². The Balaban J connectivity index is 1.78. The lowest BCUT2D eigenvalue weighted by Gasteiger charge is -2.37. The van der Waals surface area contributed by atoms with Crippen LogP contribution < -0.4 is 5.14 Å². The molecule has 1 saturated heterocycles. The Hall–Kier alpha value is -1.93. The van der Waals surface area contributed by atoms with E-state index in [2.05, 4.69) is 4.98 Å². The Labute approximate surface area is 109 Å². The molecule has 3 rings (SSSR count). The third kappa shape index (κ3) is 2.08. The molecule has 2 N–H and O–H groups in total. The minimum absolute atomic E-state index is 0.152. The molecule has 1 aliphatic rings. The molecule has 0 unspecified atom stereocenters. The number of hydrogen-bond donors (Lipinski definition) is 1. The molecule has 2 aromatic rings. The summed E-state index contributed by atoms with van der Waals surface area (Å²) in [4.78, 5) is 17.7. The molecule has 0 bridgehead atoms. The third-order valence-corrected chi connectivity index (χ3v) is 4.46. The van der Waals surface area contributed by atoms with E-state index in [0.717, 1.165) is 5.65 Å². The second-order valence-corrected chi connectivity index (χ2v) is 6.38. The number of aromatic nitrogens is 2. The van der Waals surface area contributed by atoms with Crippen LogP contribution in [0.1, 0.15) is 10.4 Å². The zero-order chi connectivity index (χ0) is 13.6.